The fraction of sp³-hybridized carbons (Fsp3) is 0.529. The molecule has 2 aliphatic rings. The SMILES string of the molecule is C=CCN1CCC2(C)c3cc(O)ccc3CC1C2C.Cl. The lowest BCUT2D eigenvalue weighted by molar-refractivity contribution is 0.0398. The lowest BCUT2D eigenvalue weighted by Crippen LogP contribution is -2.57. The second-order valence-corrected chi connectivity index (χ2v) is 6.35. The minimum atomic E-state index is 0. The van der Waals surface area contributed by atoms with Gasteiger partial charge in [-0.15, -0.1) is 19.0 Å². The highest BCUT2D eigenvalue weighted by molar-refractivity contribution is 5.85. The monoisotopic (exact) mass is 293 g/mol. The molecule has 1 saturated heterocycles. The van der Waals surface area contributed by atoms with Gasteiger partial charge in [0.2, 0.25) is 0 Å². The Bertz CT molecular complexity index is 516. The van der Waals surface area contributed by atoms with Gasteiger partial charge in [-0.05, 0) is 54.0 Å². The molecule has 3 heteroatoms. The Kier molecular flexibility index (Phi) is 4.17. The summed E-state index contributed by atoms with van der Waals surface area (Å²) in [5, 5.41) is 9.80. The van der Waals surface area contributed by atoms with Gasteiger partial charge in [-0.3, -0.25) is 4.90 Å². The minimum Gasteiger partial charge on any atom is -0.508 e. The molecule has 2 bridgehead atoms. The first-order chi connectivity index (χ1) is 9.06. The van der Waals surface area contributed by atoms with E-state index in [1.807, 2.05) is 18.2 Å². The fourth-order valence-electron chi connectivity index (χ4n) is 4.09. The van der Waals surface area contributed by atoms with Gasteiger partial charge >= 0.3 is 0 Å². The van der Waals surface area contributed by atoms with Crippen LogP contribution in [-0.4, -0.2) is 29.1 Å². The van der Waals surface area contributed by atoms with Gasteiger partial charge in [-0.2, -0.15) is 0 Å². The molecule has 1 N–H and O–H groups in total. The zero-order valence-electron chi connectivity index (χ0n) is 12.3. The number of hydrogen-bond acceptors (Lipinski definition) is 2. The molecule has 1 fully saturated rings. The molecular formula is C17H24ClNO. The van der Waals surface area contributed by atoms with Gasteiger partial charge in [0.1, 0.15) is 5.75 Å². The Morgan fingerprint density at radius 1 is 1.50 bits per heavy atom. The number of phenols is 1. The second-order valence-electron chi connectivity index (χ2n) is 6.35. The Labute approximate surface area is 127 Å². The zero-order valence-corrected chi connectivity index (χ0v) is 13.1. The van der Waals surface area contributed by atoms with E-state index in [1.165, 1.54) is 11.1 Å². The van der Waals surface area contributed by atoms with Crippen LogP contribution >= 0.6 is 12.4 Å². The molecule has 1 heterocycles. The van der Waals surface area contributed by atoms with Gasteiger partial charge in [0.05, 0.1) is 0 Å². The molecule has 0 spiro atoms. The number of piperidine rings is 1. The van der Waals surface area contributed by atoms with Crippen LogP contribution < -0.4 is 0 Å². The number of halogens is 1. The minimum absolute atomic E-state index is 0. The number of aromatic hydroxyl groups is 1. The van der Waals surface area contributed by atoms with Crippen LogP contribution in [0.5, 0.6) is 5.75 Å². The van der Waals surface area contributed by atoms with Crippen LogP contribution in [-0.2, 0) is 11.8 Å². The van der Waals surface area contributed by atoms with Crippen molar-refractivity contribution in [2.24, 2.45) is 5.92 Å². The van der Waals surface area contributed by atoms with E-state index >= 15 is 0 Å². The summed E-state index contributed by atoms with van der Waals surface area (Å²) in [6.45, 7) is 10.7. The maximum Gasteiger partial charge on any atom is 0.115 e. The highest BCUT2D eigenvalue weighted by Crippen LogP contribution is 2.49. The van der Waals surface area contributed by atoms with Gasteiger partial charge in [0.25, 0.3) is 0 Å². The van der Waals surface area contributed by atoms with Crippen molar-refractivity contribution >= 4 is 12.4 Å². The van der Waals surface area contributed by atoms with Gasteiger partial charge in [-0.25, -0.2) is 0 Å². The van der Waals surface area contributed by atoms with Crippen LogP contribution in [0.1, 0.15) is 31.4 Å². The van der Waals surface area contributed by atoms with E-state index in [9.17, 15) is 5.11 Å². The number of fused-ring (bicyclic) bond motifs is 4. The van der Waals surface area contributed by atoms with Crippen molar-refractivity contribution < 1.29 is 5.11 Å². The number of phenolic OH excluding ortho intramolecular Hbond substituents is 1. The van der Waals surface area contributed by atoms with Crippen molar-refractivity contribution in [3.8, 4) is 5.75 Å². The predicted molar refractivity (Wildman–Crippen MR) is 85.7 cm³/mol. The summed E-state index contributed by atoms with van der Waals surface area (Å²) in [5.41, 5.74) is 2.99. The maximum absolute atomic E-state index is 9.80. The van der Waals surface area contributed by atoms with Crippen LogP contribution in [0.4, 0.5) is 0 Å². The van der Waals surface area contributed by atoms with E-state index in [2.05, 4.69) is 31.4 Å². The predicted octanol–water partition coefficient (Wildman–Crippen LogP) is 3.52. The van der Waals surface area contributed by atoms with E-state index in [-0.39, 0.29) is 17.8 Å². The van der Waals surface area contributed by atoms with E-state index in [4.69, 9.17) is 0 Å². The van der Waals surface area contributed by atoms with Gasteiger partial charge in [0.15, 0.2) is 0 Å². The fourth-order valence-corrected chi connectivity index (χ4v) is 4.09. The molecule has 1 aromatic carbocycles. The lowest BCUT2D eigenvalue weighted by atomic mass is 9.59. The third-order valence-electron chi connectivity index (χ3n) is 5.47. The largest absolute Gasteiger partial charge is 0.508 e. The quantitative estimate of drug-likeness (QED) is 0.843. The summed E-state index contributed by atoms with van der Waals surface area (Å²) < 4.78 is 0. The van der Waals surface area contributed by atoms with Crippen molar-refractivity contribution in [2.75, 3.05) is 13.1 Å². The summed E-state index contributed by atoms with van der Waals surface area (Å²) in [6, 6.07) is 6.53. The normalized spacial score (nSPS) is 32.1. The summed E-state index contributed by atoms with van der Waals surface area (Å²) in [7, 11) is 0. The summed E-state index contributed by atoms with van der Waals surface area (Å²) in [6.07, 6.45) is 4.27. The summed E-state index contributed by atoms with van der Waals surface area (Å²) in [4.78, 5) is 2.56. The Hall–Kier alpha value is -0.990. The molecule has 0 amide bonds. The smallest absolute Gasteiger partial charge is 0.115 e. The molecule has 0 saturated carbocycles. The first-order valence-electron chi connectivity index (χ1n) is 7.23. The van der Waals surface area contributed by atoms with Crippen molar-refractivity contribution in [2.45, 2.75) is 38.1 Å². The van der Waals surface area contributed by atoms with Crippen LogP contribution in [0.2, 0.25) is 0 Å². The van der Waals surface area contributed by atoms with Crippen LogP contribution in [0, 0.1) is 5.92 Å². The topological polar surface area (TPSA) is 23.5 Å². The lowest BCUT2D eigenvalue weighted by Gasteiger charge is -2.54. The molecule has 2 nitrogen and oxygen atoms in total. The van der Waals surface area contributed by atoms with E-state index in [1.54, 1.807) is 0 Å². The molecule has 0 aromatic heterocycles. The first-order valence-corrected chi connectivity index (χ1v) is 7.23. The van der Waals surface area contributed by atoms with Crippen molar-refractivity contribution in [1.29, 1.82) is 0 Å². The van der Waals surface area contributed by atoms with E-state index < -0.39 is 0 Å². The average molecular weight is 294 g/mol. The molecule has 1 aliphatic heterocycles. The highest BCUT2D eigenvalue weighted by atomic mass is 35.5. The van der Waals surface area contributed by atoms with Gasteiger partial charge in [0, 0.05) is 12.6 Å². The third kappa shape index (κ3) is 2.15. The molecule has 110 valence electrons. The molecule has 1 aromatic rings. The second kappa shape index (κ2) is 5.42. The highest BCUT2D eigenvalue weighted by Gasteiger charge is 2.48. The number of likely N-dealkylation sites (tertiary alicyclic amines) is 1. The molecule has 3 atom stereocenters. The number of benzene rings is 1. The molecule has 3 rings (SSSR count). The van der Waals surface area contributed by atoms with Crippen molar-refractivity contribution in [1.82, 2.24) is 4.90 Å². The number of nitrogens with zero attached hydrogens (tertiary/aromatic N) is 1. The number of rotatable bonds is 2. The molecule has 20 heavy (non-hydrogen) atoms. The summed E-state index contributed by atoms with van der Waals surface area (Å²) >= 11 is 0. The van der Waals surface area contributed by atoms with E-state index in [0.29, 0.717) is 17.7 Å². The van der Waals surface area contributed by atoms with Crippen LogP contribution in [0.15, 0.2) is 30.9 Å². The molecule has 3 unspecified atom stereocenters. The van der Waals surface area contributed by atoms with Crippen molar-refractivity contribution in [3.05, 3.63) is 42.0 Å². The Morgan fingerprint density at radius 3 is 2.95 bits per heavy atom. The molecule has 1 aliphatic carbocycles. The number of hydrogen-bond donors (Lipinski definition) is 1. The van der Waals surface area contributed by atoms with E-state index in [0.717, 1.165) is 25.9 Å². The molecular weight excluding hydrogens is 270 g/mol. The van der Waals surface area contributed by atoms with Crippen LogP contribution in [0.3, 0.4) is 0 Å². The first kappa shape index (κ1) is 15.4. The van der Waals surface area contributed by atoms with Crippen molar-refractivity contribution in [3.63, 3.8) is 0 Å². The Morgan fingerprint density at radius 2 is 2.25 bits per heavy atom. The summed E-state index contributed by atoms with van der Waals surface area (Å²) in [5.74, 6) is 1.02. The molecule has 0 radical (unpaired) electrons. The van der Waals surface area contributed by atoms with Crippen LogP contribution in [0.25, 0.3) is 0 Å². The zero-order chi connectivity index (χ0) is 13.6. The Balaban J connectivity index is 0.00000147. The van der Waals surface area contributed by atoms with Gasteiger partial charge in [-0.1, -0.05) is 26.0 Å². The standard InChI is InChI=1S/C17H23NO.ClH/c1-4-8-18-9-7-17(3)12(2)16(18)10-13-5-6-14(19)11-15(13)17;/h4-6,11-12,16,19H,1,7-10H2,2-3H3;1H. The average Bonchev–Trinajstić information content (AvgIpc) is 2.38. The van der Waals surface area contributed by atoms with Gasteiger partial charge < -0.3 is 5.11 Å². The maximum atomic E-state index is 9.80. The third-order valence-corrected chi connectivity index (χ3v) is 5.47.